The summed E-state index contributed by atoms with van der Waals surface area (Å²) in [6.07, 6.45) is 0.676. The van der Waals surface area contributed by atoms with Crippen molar-refractivity contribution in [1.29, 1.82) is 0 Å². The van der Waals surface area contributed by atoms with Gasteiger partial charge < -0.3 is 20.1 Å². The van der Waals surface area contributed by atoms with E-state index in [0.29, 0.717) is 17.1 Å². The molecule has 2 heterocycles. The van der Waals surface area contributed by atoms with Crippen LogP contribution < -0.4 is 0 Å². The SMILES string of the molecule is C=Nn1c(C(=C)N=CCCC)ccc1C1OC(CO)C(O)C1(C)O. The van der Waals surface area contributed by atoms with Gasteiger partial charge in [0.05, 0.1) is 23.7 Å². The van der Waals surface area contributed by atoms with Crippen molar-refractivity contribution in [2.75, 3.05) is 6.61 Å². The number of unbranched alkanes of at least 4 members (excludes halogenated alkanes) is 1. The van der Waals surface area contributed by atoms with Crippen molar-refractivity contribution in [2.45, 2.75) is 50.6 Å². The normalized spacial score (nSPS) is 30.1. The number of ether oxygens (including phenoxy) is 1. The van der Waals surface area contributed by atoms with Crippen LogP contribution in [0.1, 0.15) is 44.2 Å². The molecule has 2 rings (SSSR count). The molecule has 7 nitrogen and oxygen atoms in total. The minimum absolute atomic E-state index is 0.392. The Morgan fingerprint density at radius 3 is 2.75 bits per heavy atom. The first kappa shape index (κ1) is 18.5. The van der Waals surface area contributed by atoms with Gasteiger partial charge in [0, 0.05) is 12.9 Å². The molecule has 1 saturated heterocycles. The highest BCUT2D eigenvalue weighted by atomic mass is 16.6. The Balaban J connectivity index is 2.36. The summed E-state index contributed by atoms with van der Waals surface area (Å²) in [5, 5.41) is 34.0. The molecular weight excluding hydrogens is 310 g/mol. The lowest BCUT2D eigenvalue weighted by Gasteiger charge is -2.26. The summed E-state index contributed by atoms with van der Waals surface area (Å²) in [7, 11) is 0. The van der Waals surface area contributed by atoms with Crippen LogP contribution in [-0.2, 0) is 4.74 Å². The first-order chi connectivity index (χ1) is 11.4. The summed E-state index contributed by atoms with van der Waals surface area (Å²) >= 11 is 0. The summed E-state index contributed by atoms with van der Waals surface area (Å²) in [6.45, 7) is 10.6. The van der Waals surface area contributed by atoms with E-state index in [1.807, 2.05) is 0 Å². The van der Waals surface area contributed by atoms with Gasteiger partial charge in [-0.25, -0.2) is 4.68 Å². The molecule has 0 bridgehead atoms. The second kappa shape index (κ2) is 7.40. The molecule has 3 N–H and O–H groups in total. The van der Waals surface area contributed by atoms with Crippen molar-refractivity contribution in [1.82, 2.24) is 4.68 Å². The number of aliphatic imine (C=N–C) groups is 1. The van der Waals surface area contributed by atoms with E-state index >= 15 is 0 Å². The van der Waals surface area contributed by atoms with Crippen molar-refractivity contribution in [3.63, 3.8) is 0 Å². The van der Waals surface area contributed by atoms with Gasteiger partial charge in [-0.3, -0.25) is 4.99 Å². The van der Waals surface area contributed by atoms with Crippen LogP contribution in [-0.4, -0.2) is 57.3 Å². The van der Waals surface area contributed by atoms with Crippen molar-refractivity contribution in [2.24, 2.45) is 10.1 Å². The smallest absolute Gasteiger partial charge is 0.131 e. The van der Waals surface area contributed by atoms with Gasteiger partial charge in [0.15, 0.2) is 0 Å². The molecule has 24 heavy (non-hydrogen) atoms. The topological polar surface area (TPSA) is 99.6 Å². The van der Waals surface area contributed by atoms with Crippen LogP contribution in [0.25, 0.3) is 5.70 Å². The third-order valence-electron chi connectivity index (χ3n) is 4.23. The van der Waals surface area contributed by atoms with E-state index in [2.05, 4.69) is 30.3 Å². The second-order valence-electron chi connectivity index (χ2n) is 6.05. The molecule has 132 valence electrons. The molecule has 0 spiro atoms. The third kappa shape index (κ3) is 3.21. The van der Waals surface area contributed by atoms with Gasteiger partial charge in [-0.05, 0) is 25.5 Å². The first-order valence-corrected chi connectivity index (χ1v) is 7.95. The minimum Gasteiger partial charge on any atom is -0.394 e. The van der Waals surface area contributed by atoms with Gasteiger partial charge in [0.2, 0.25) is 0 Å². The Bertz CT molecular complexity index is 636. The highest BCUT2D eigenvalue weighted by molar-refractivity contribution is 5.71. The van der Waals surface area contributed by atoms with E-state index in [4.69, 9.17) is 4.74 Å². The van der Waals surface area contributed by atoms with E-state index in [1.165, 1.54) is 11.6 Å². The van der Waals surface area contributed by atoms with Gasteiger partial charge in [-0.2, -0.15) is 5.10 Å². The van der Waals surface area contributed by atoms with Crippen molar-refractivity contribution in [3.05, 3.63) is 30.1 Å². The fourth-order valence-electron chi connectivity index (χ4n) is 2.82. The molecule has 0 saturated carbocycles. The highest BCUT2D eigenvalue weighted by Crippen LogP contribution is 2.42. The van der Waals surface area contributed by atoms with Gasteiger partial charge in [-0.1, -0.05) is 19.9 Å². The van der Waals surface area contributed by atoms with Crippen LogP contribution in [0.5, 0.6) is 0 Å². The molecule has 1 aliphatic rings. The molecule has 1 aromatic rings. The molecule has 0 amide bonds. The summed E-state index contributed by atoms with van der Waals surface area (Å²) in [5.74, 6) is 0. The maximum absolute atomic E-state index is 10.6. The molecule has 0 aromatic carbocycles. The average molecular weight is 335 g/mol. The summed E-state index contributed by atoms with van der Waals surface area (Å²) in [5.41, 5.74) is 0.0673. The quantitative estimate of drug-likeness (QED) is 0.655. The Labute approximate surface area is 141 Å². The van der Waals surface area contributed by atoms with Crippen LogP contribution >= 0.6 is 0 Å². The largest absolute Gasteiger partial charge is 0.394 e. The molecule has 7 heteroatoms. The number of aliphatic hydroxyl groups is 3. The Hall–Kier alpha value is -1.80. The third-order valence-corrected chi connectivity index (χ3v) is 4.23. The summed E-state index contributed by atoms with van der Waals surface area (Å²) < 4.78 is 7.11. The first-order valence-electron chi connectivity index (χ1n) is 7.95. The molecule has 1 fully saturated rings. The zero-order chi connectivity index (χ0) is 17.9. The monoisotopic (exact) mass is 335 g/mol. The molecule has 4 atom stereocenters. The number of aliphatic hydroxyl groups excluding tert-OH is 2. The zero-order valence-corrected chi connectivity index (χ0v) is 14.1. The lowest BCUT2D eigenvalue weighted by Crippen LogP contribution is -2.43. The lowest BCUT2D eigenvalue weighted by molar-refractivity contribution is -0.0668. The maximum atomic E-state index is 10.6. The fraction of sp³-hybridized carbons (Fsp3) is 0.529. The summed E-state index contributed by atoms with van der Waals surface area (Å²) in [6, 6.07) is 3.48. The predicted octanol–water partition coefficient (Wildman–Crippen LogP) is 1.34. The van der Waals surface area contributed by atoms with Gasteiger partial charge >= 0.3 is 0 Å². The molecule has 4 unspecified atom stereocenters. The van der Waals surface area contributed by atoms with E-state index in [9.17, 15) is 15.3 Å². The van der Waals surface area contributed by atoms with Gasteiger partial charge in [-0.15, -0.1) is 0 Å². The highest BCUT2D eigenvalue weighted by Gasteiger charge is 2.53. The van der Waals surface area contributed by atoms with E-state index in [-0.39, 0.29) is 0 Å². The molecule has 0 radical (unpaired) electrons. The molecule has 1 aromatic heterocycles. The Morgan fingerprint density at radius 2 is 2.21 bits per heavy atom. The Kier molecular flexibility index (Phi) is 5.71. The number of rotatable bonds is 7. The molecule has 1 aliphatic heterocycles. The van der Waals surface area contributed by atoms with Gasteiger partial charge in [0.25, 0.3) is 0 Å². The van der Waals surface area contributed by atoms with Gasteiger partial charge in [0.1, 0.15) is 23.9 Å². The zero-order valence-electron chi connectivity index (χ0n) is 14.1. The molecular formula is C17H25N3O4. The predicted molar refractivity (Wildman–Crippen MR) is 93.1 cm³/mol. The van der Waals surface area contributed by atoms with Crippen LogP contribution in [0.3, 0.4) is 0 Å². The van der Waals surface area contributed by atoms with Crippen LogP contribution in [0.2, 0.25) is 0 Å². The van der Waals surface area contributed by atoms with E-state index in [0.717, 1.165) is 12.8 Å². The van der Waals surface area contributed by atoms with Crippen LogP contribution in [0, 0.1) is 0 Å². The van der Waals surface area contributed by atoms with E-state index in [1.54, 1.807) is 18.3 Å². The van der Waals surface area contributed by atoms with Crippen LogP contribution in [0.15, 0.2) is 28.8 Å². The maximum Gasteiger partial charge on any atom is 0.131 e. The second-order valence-corrected chi connectivity index (χ2v) is 6.05. The number of hydrogen-bond acceptors (Lipinski definition) is 6. The van der Waals surface area contributed by atoms with Crippen molar-refractivity contribution in [3.8, 4) is 0 Å². The van der Waals surface area contributed by atoms with Crippen molar-refractivity contribution < 1.29 is 20.1 Å². The summed E-state index contributed by atoms with van der Waals surface area (Å²) in [4.78, 5) is 4.29. The van der Waals surface area contributed by atoms with E-state index < -0.39 is 30.5 Å². The fourth-order valence-corrected chi connectivity index (χ4v) is 2.82. The number of hydrogen-bond donors (Lipinski definition) is 3. The van der Waals surface area contributed by atoms with Crippen molar-refractivity contribution >= 4 is 18.6 Å². The standard InChI is InChI=1S/C17H25N3O4/c1-5-6-9-19-11(2)12-7-8-13(20(12)18-4)16-17(3,23)15(22)14(10-21)24-16/h7-9,14-16,21-23H,2,4-6,10H2,1,3H3. The number of aromatic nitrogens is 1. The van der Waals surface area contributed by atoms with Crippen LogP contribution in [0.4, 0.5) is 0 Å². The minimum atomic E-state index is -1.57. The average Bonchev–Trinajstić information content (AvgIpc) is 3.07. The lowest BCUT2D eigenvalue weighted by atomic mass is 9.91. The number of nitrogens with zero attached hydrogens (tertiary/aromatic N) is 3. The molecule has 0 aliphatic carbocycles. The Morgan fingerprint density at radius 1 is 1.50 bits per heavy atom.